The largest absolute Gasteiger partial charge is 0.454 e. The molecule has 2 aliphatic rings. The fourth-order valence-electron chi connectivity index (χ4n) is 3.80. The van der Waals surface area contributed by atoms with Crippen molar-refractivity contribution in [2.45, 2.75) is 50.4 Å². The average Bonchev–Trinajstić information content (AvgIpc) is 3.23. The molecular weight excluding hydrogens is 424 g/mol. The van der Waals surface area contributed by atoms with E-state index in [-0.39, 0.29) is 6.79 Å². The molecule has 0 radical (unpaired) electrons. The highest BCUT2D eigenvalue weighted by Gasteiger charge is 2.27. The van der Waals surface area contributed by atoms with Gasteiger partial charge < -0.3 is 19.5 Å². The highest BCUT2D eigenvalue weighted by molar-refractivity contribution is 7.99. The highest BCUT2D eigenvalue weighted by Crippen LogP contribution is 2.41. The van der Waals surface area contributed by atoms with E-state index in [9.17, 15) is 0 Å². The Morgan fingerprint density at radius 1 is 1.00 bits per heavy atom. The monoisotopic (exact) mass is 450 g/mol. The van der Waals surface area contributed by atoms with Gasteiger partial charge >= 0.3 is 0 Å². The van der Waals surface area contributed by atoms with E-state index in [0.29, 0.717) is 22.5 Å². The van der Waals surface area contributed by atoms with Gasteiger partial charge in [-0.2, -0.15) is 4.98 Å². The number of para-hydroxylation sites is 1. The first-order chi connectivity index (χ1) is 15.8. The van der Waals surface area contributed by atoms with Gasteiger partial charge in [0.1, 0.15) is 0 Å². The molecule has 8 heteroatoms. The van der Waals surface area contributed by atoms with Crippen LogP contribution in [0.4, 0.5) is 5.69 Å². The molecule has 166 valence electrons. The molecule has 1 aromatic heterocycles. The SMILES string of the molecule is CCCCCCCSc1nnc2c(n1)OC(c1ccc3c(c1)OCO3)Nc1ccccc1-2. The van der Waals surface area contributed by atoms with Gasteiger partial charge in [-0.1, -0.05) is 62.6 Å². The number of aromatic nitrogens is 3. The maximum Gasteiger partial charge on any atom is 0.247 e. The van der Waals surface area contributed by atoms with Crippen molar-refractivity contribution in [3.8, 4) is 28.6 Å². The summed E-state index contributed by atoms with van der Waals surface area (Å²) in [5, 5.41) is 13.0. The predicted molar refractivity (Wildman–Crippen MR) is 124 cm³/mol. The summed E-state index contributed by atoms with van der Waals surface area (Å²) in [5.74, 6) is 2.91. The smallest absolute Gasteiger partial charge is 0.247 e. The number of rotatable bonds is 8. The zero-order chi connectivity index (χ0) is 21.8. The second-order valence-corrected chi connectivity index (χ2v) is 8.87. The molecule has 0 fully saturated rings. The molecule has 1 atom stereocenters. The van der Waals surface area contributed by atoms with Crippen LogP contribution in [-0.4, -0.2) is 27.7 Å². The number of hydrogen-bond donors (Lipinski definition) is 1. The van der Waals surface area contributed by atoms with Crippen molar-refractivity contribution in [2.75, 3.05) is 17.9 Å². The average molecular weight is 451 g/mol. The maximum absolute atomic E-state index is 6.35. The van der Waals surface area contributed by atoms with Crippen molar-refractivity contribution < 1.29 is 14.2 Å². The van der Waals surface area contributed by atoms with Crippen LogP contribution in [0.5, 0.6) is 17.4 Å². The molecule has 7 nitrogen and oxygen atoms in total. The Morgan fingerprint density at radius 2 is 1.88 bits per heavy atom. The quantitative estimate of drug-likeness (QED) is 0.339. The van der Waals surface area contributed by atoms with Crippen molar-refractivity contribution in [1.82, 2.24) is 15.2 Å². The van der Waals surface area contributed by atoms with Gasteiger partial charge in [0.15, 0.2) is 23.4 Å². The van der Waals surface area contributed by atoms with Crippen LogP contribution in [0, 0.1) is 0 Å². The van der Waals surface area contributed by atoms with Gasteiger partial charge in [0.05, 0.1) is 0 Å². The third-order valence-corrected chi connectivity index (χ3v) is 6.44. The van der Waals surface area contributed by atoms with Gasteiger partial charge in [0.2, 0.25) is 17.8 Å². The highest BCUT2D eigenvalue weighted by atomic mass is 32.2. The second-order valence-electron chi connectivity index (χ2n) is 7.81. The Labute approximate surface area is 191 Å². The molecule has 32 heavy (non-hydrogen) atoms. The van der Waals surface area contributed by atoms with E-state index in [4.69, 9.17) is 19.2 Å². The standard InChI is InChI=1S/C24H26N4O3S/c1-2-3-4-5-8-13-32-24-26-23-21(27-28-24)17-9-6-7-10-18(17)25-22(31-23)16-11-12-19-20(14-16)30-15-29-19/h6-7,9-12,14,22,25H,2-5,8,13,15H2,1H3. The Bertz CT molecular complexity index is 1090. The minimum Gasteiger partial charge on any atom is -0.454 e. The lowest BCUT2D eigenvalue weighted by Crippen LogP contribution is -2.17. The number of benzene rings is 2. The molecule has 2 aromatic carbocycles. The van der Waals surface area contributed by atoms with E-state index in [0.717, 1.165) is 34.7 Å². The van der Waals surface area contributed by atoms with Crippen LogP contribution in [0.15, 0.2) is 47.6 Å². The topological polar surface area (TPSA) is 78.4 Å². The fourth-order valence-corrected chi connectivity index (χ4v) is 4.58. The maximum atomic E-state index is 6.35. The first kappa shape index (κ1) is 20.9. The number of unbranched alkanes of at least 4 members (excludes halogenated alkanes) is 4. The van der Waals surface area contributed by atoms with E-state index >= 15 is 0 Å². The van der Waals surface area contributed by atoms with E-state index in [1.54, 1.807) is 11.8 Å². The lowest BCUT2D eigenvalue weighted by atomic mass is 10.1. The van der Waals surface area contributed by atoms with Crippen molar-refractivity contribution >= 4 is 17.4 Å². The fraction of sp³-hybridized carbons (Fsp3) is 0.375. The van der Waals surface area contributed by atoms with Crippen molar-refractivity contribution in [1.29, 1.82) is 0 Å². The minimum absolute atomic E-state index is 0.236. The molecule has 0 bridgehead atoms. The number of thioether (sulfide) groups is 1. The molecule has 5 rings (SSSR count). The Morgan fingerprint density at radius 3 is 2.81 bits per heavy atom. The van der Waals surface area contributed by atoms with Crippen molar-refractivity contribution in [2.24, 2.45) is 0 Å². The van der Waals surface area contributed by atoms with Gasteiger partial charge in [-0.25, -0.2) is 0 Å². The molecule has 0 saturated heterocycles. The summed E-state index contributed by atoms with van der Waals surface area (Å²) in [7, 11) is 0. The van der Waals surface area contributed by atoms with Crippen LogP contribution in [0.1, 0.15) is 50.8 Å². The van der Waals surface area contributed by atoms with Crippen LogP contribution >= 0.6 is 11.8 Å². The molecule has 3 aromatic rings. The van der Waals surface area contributed by atoms with Gasteiger partial charge in [-0.05, 0) is 30.7 Å². The summed E-state index contributed by atoms with van der Waals surface area (Å²) in [6.07, 6.45) is 5.76. The number of anilines is 1. The molecule has 1 N–H and O–H groups in total. The van der Waals surface area contributed by atoms with E-state index in [1.165, 1.54) is 25.7 Å². The molecular formula is C24H26N4O3S. The summed E-state index contributed by atoms with van der Waals surface area (Å²) in [4.78, 5) is 4.73. The number of hydrogen-bond acceptors (Lipinski definition) is 8. The first-order valence-corrected chi connectivity index (χ1v) is 12.1. The molecule has 0 saturated carbocycles. The second kappa shape index (κ2) is 9.65. The molecule has 0 amide bonds. The van der Waals surface area contributed by atoms with Crippen molar-refractivity contribution in [3.63, 3.8) is 0 Å². The van der Waals surface area contributed by atoms with Crippen LogP contribution in [0.25, 0.3) is 11.3 Å². The van der Waals surface area contributed by atoms with E-state index in [1.807, 2.05) is 42.5 Å². The van der Waals surface area contributed by atoms with Crippen molar-refractivity contribution in [3.05, 3.63) is 48.0 Å². The number of nitrogens with one attached hydrogen (secondary N) is 1. The first-order valence-electron chi connectivity index (χ1n) is 11.1. The third kappa shape index (κ3) is 4.46. The lowest BCUT2D eigenvalue weighted by molar-refractivity contribution is 0.173. The van der Waals surface area contributed by atoms with Gasteiger partial charge in [0, 0.05) is 22.6 Å². The molecule has 2 aliphatic heterocycles. The molecule has 3 heterocycles. The van der Waals surface area contributed by atoms with Crippen LogP contribution in [-0.2, 0) is 0 Å². The zero-order valence-electron chi connectivity index (χ0n) is 18.0. The summed E-state index contributed by atoms with van der Waals surface area (Å²) in [6, 6.07) is 13.8. The summed E-state index contributed by atoms with van der Waals surface area (Å²) in [5.41, 5.74) is 3.40. The number of nitrogens with zero attached hydrogens (tertiary/aromatic N) is 3. The number of fused-ring (bicyclic) bond motifs is 4. The lowest BCUT2D eigenvalue weighted by Gasteiger charge is -2.19. The Balaban J connectivity index is 1.40. The minimum atomic E-state index is -0.449. The molecule has 1 unspecified atom stereocenters. The van der Waals surface area contributed by atoms with E-state index < -0.39 is 6.23 Å². The van der Waals surface area contributed by atoms with Crippen LogP contribution in [0.3, 0.4) is 0 Å². The summed E-state index contributed by atoms with van der Waals surface area (Å²) < 4.78 is 17.3. The Hall–Kier alpha value is -3.00. The summed E-state index contributed by atoms with van der Waals surface area (Å²) in [6.45, 7) is 2.47. The van der Waals surface area contributed by atoms with E-state index in [2.05, 4.69) is 22.4 Å². The third-order valence-electron chi connectivity index (χ3n) is 5.51. The molecule has 0 aliphatic carbocycles. The normalized spacial score (nSPS) is 15.8. The van der Waals surface area contributed by atoms with Gasteiger partial charge in [0.25, 0.3) is 0 Å². The van der Waals surface area contributed by atoms with Crippen LogP contribution < -0.4 is 19.5 Å². The number of ether oxygens (including phenoxy) is 3. The van der Waals surface area contributed by atoms with Gasteiger partial charge in [-0.15, -0.1) is 10.2 Å². The Kier molecular flexibility index (Phi) is 6.29. The van der Waals surface area contributed by atoms with Gasteiger partial charge in [-0.3, -0.25) is 0 Å². The molecule has 0 spiro atoms. The summed E-state index contributed by atoms with van der Waals surface area (Å²) >= 11 is 1.63. The predicted octanol–water partition coefficient (Wildman–Crippen LogP) is 5.83. The van der Waals surface area contributed by atoms with Crippen LogP contribution in [0.2, 0.25) is 0 Å². The zero-order valence-corrected chi connectivity index (χ0v) is 18.9.